The number of aromatic amines is 1. The molecule has 0 atom stereocenters. The third-order valence-electron chi connectivity index (χ3n) is 2.74. The molecule has 0 spiro atoms. The van der Waals surface area contributed by atoms with E-state index in [1.807, 2.05) is 19.9 Å². The topological polar surface area (TPSA) is 75.1 Å². The average Bonchev–Trinajstić information content (AvgIpc) is 2.64. The van der Waals surface area contributed by atoms with Crippen molar-refractivity contribution in [3.63, 3.8) is 0 Å². The van der Waals surface area contributed by atoms with Crippen LogP contribution >= 0.6 is 0 Å². The van der Waals surface area contributed by atoms with E-state index in [0.29, 0.717) is 5.69 Å². The van der Waals surface area contributed by atoms with Crippen LogP contribution in [-0.4, -0.2) is 20.6 Å². The molecule has 2 N–H and O–H groups in total. The number of aromatic nitrogens is 2. The molecule has 2 aromatic rings. The summed E-state index contributed by atoms with van der Waals surface area (Å²) in [5.41, 5.74) is 2.13. The van der Waals surface area contributed by atoms with Gasteiger partial charge in [-0.1, -0.05) is 6.07 Å². The molecule has 2 rings (SSSR count). The Bertz CT molecular complexity index is 637. The molecule has 5 nitrogen and oxygen atoms in total. The second-order valence-corrected chi connectivity index (χ2v) is 3.89. The first-order valence-electron chi connectivity index (χ1n) is 5.12. The maximum absolute atomic E-state index is 11.6. The quantitative estimate of drug-likeness (QED) is 0.823. The summed E-state index contributed by atoms with van der Waals surface area (Å²) in [6, 6.07) is 5.37. The molecule has 17 heavy (non-hydrogen) atoms. The van der Waals surface area contributed by atoms with Crippen LogP contribution in [0.2, 0.25) is 0 Å². The fourth-order valence-electron chi connectivity index (χ4n) is 1.65. The maximum Gasteiger partial charge on any atom is 0.354 e. The van der Waals surface area contributed by atoms with E-state index < -0.39 is 11.7 Å². The predicted octanol–water partition coefficient (Wildman–Crippen LogP) is 1.48. The van der Waals surface area contributed by atoms with Gasteiger partial charge in [0.15, 0.2) is 5.69 Å². The van der Waals surface area contributed by atoms with Crippen molar-refractivity contribution in [3.05, 3.63) is 51.7 Å². The lowest BCUT2D eigenvalue weighted by Crippen LogP contribution is -2.19. The van der Waals surface area contributed by atoms with Gasteiger partial charge in [-0.2, -0.15) is 0 Å². The highest BCUT2D eigenvalue weighted by atomic mass is 16.4. The number of hydrogen-bond acceptors (Lipinski definition) is 2. The Morgan fingerprint density at radius 3 is 2.59 bits per heavy atom. The van der Waals surface area contributed by atoms with Gasteiger partial charge in [0.1, 0.15) is 0 Å². The second kappa shape index (κ2) is 3.93. The van der Waals surface area contributed by atoms with Crippen LogP contribution < -0.4 is 5.69 Å². The number of aromatic carboxylic acids is 1. The van der Waals surface area contributed by atoms with E-state index in [1.165, 1.54) is 6.20 Å². The highest BCUT2D eigenvalue weighted by Gasteiger charge is 2.14. The lowest BCUT2D eigenvalue weighted by molar-refractivity contribution is 0.0688. The number of imidazole rings is 1. The fourth-order valence-corrected chi connectivity index (χ4v) is 1.65. The normalized spacial score (nSPS) is 10.5. The number of H-pyrrole nitrogens is 1. The lowest BCUT2D eigenvalue weighted by Gasteiger charge is -2.07. The molecule has 0 unspecified atom stereocenters. The molecular weight excluding hydrogens is 220 g/mol. The van der Waals surface area contributed by atoms with Crippen molar-refractivity contribution in [1.29, 1.82) is 0 Å². The first kappa shape index (κ1) is 11.2. The van der Waals surface area contributed by atoms with Crippen molar-refractivity contribution in [1.82, 2.24) is 9.55 Å². The summed E-state index contributed by atoms with van der Waals surface area (Å²) in [5.74, 6) is -1.14. The van der Waals surface area contributed by atoms with Crippen molar-refractivity contribution in [3.8, 4) is 5.69 Å². The number of aryl methyl sites for hydroxylation is 2. The van der Waals surface area contributed by atoms with E-state index in [9.17, 15) is 9.59 Å². The Balaban J connectivity index is 2.68. The van der Waals surface area contributed by atoms with Crippen LogP contribution in [0.15, 0.2) is 29.2 Å². The SMILES string of the molecule is Cc1ccc(-n2c(C(=O)O)c[nH]c2=O)cc1C. The Hall–Kier alpha value is -2.30. The number of carbonyl (C=O) groups is 1. The van der Waals surface area contributed by atoms with Crippen LogP contribution in [0.5, 0.6) is 0 Å². The Morgan fingerprint density at radius 1 is 1.29 bits per heavy atom. The van der Waals surface area contributed by atoms with E-state index >= 15 is 0 Å². The molecule has 88 valence electrons. The molecule has 0 saturated carbocycles. The number of nitrogens with one attached hydrogen (secondary N) is 1. The van der Waals surface area contributed by atoms with Gasteiger partial charge in [-0.3, -0.25) is 4.57 Å². The van der Waals surface area contributed by atoms with Crippen LogP contribution in [0, 0.1) is 13.8 Å². The van der Waals surface area contributed by atoms with Crippen LogP contribution in [0.1, 0.15) is 21.6 Å². The van der Waals surface area contributed by atoms with Crippen LogP contribution in [0.25, 0.3) is 5.69 Å². The average molecular weight is 232 g/mol. The van der Waals surface area contributed by atoms with Gasteiger partial charge in [0.2, 0.25) is 0 Å². The number of hydrogen-bond donors (Lipinski definition) is 2. The summed E-state index contributed by atoms with van der Waals surface area (Å²) in [7, 11) is 0. The van der Waals surface area contributed by atoms with Crippen molar-refractivity contribution >= 4 is 5.97 Å². The highest BCUT2D eigenvalue weighted by molar-refractivity contribution is 5.86. The zero-order valence-corrected chi connectivity index (χ0v) is 9.52. The Kier molecular flexibility index (Phi) is 2.59. The molecule has 0 bridgehead atoms. The number of carboxylic acids is 1. The van der Waals surface area contributed by atoms with Gasteiger partial charge in [0.25, 0.3) is 0 Å². The molecule has 1 aromatic heterocycles. The molecule has 0 aliphatic rings. The fraction of sp³-hybridized carbons (Fsp3) is 0.167. The molecule has 0 aliphatic heterocycles. The predicted molar refractivity (Wildman–Crippen MR) is 62.8 cm³/mol. The van der Waals surface area contributed by atoms with Gasteiger partial charge in [0, 0.05) is 6.20 Å². The number of rotatable bonds is 2. The number of nitrogens with zero attached hydrogens (tertiary/aromatic N) is 1. The Labute approximate surface area is 97.3 Å². The van der Waals surface area contributed by atoms with Gasteiger partial charge in [0.05, 0.1) is 5.69 Å². The minimum atomic E-state index is -1.14. The van der Waals surface area contributed by atoms with Crippen LogP contribution in [0.4, 0.5) is 0 Å². The van der Waals surface area contributed by atoms with Gasteiger partial charge in [-0.15, -0.1) is 0 Å². The van der Waals surface area contributed by atoms with Crippen molar-refractivity contribution in [2.24, 2.45) is 0 Å². The standard InChI is InChI=1S/C12H12N2O3/c1-7-3-4-9(5-8(7)2)14-10(11(15)16)6-13-12(14)17/h3-6H,1-2H3,(H,13,17)(H,15,16). The van der Waals surface area contributed by atoms with Gasteiger partial charge >= 0.3 is 11.7 Å². The second-order valence-electron chi connectivity index (χ2n) is 3.89. The van der Waals surface area contributed by atoms with E-state index in [-0.39, 0.29) is 5.69 Å². The molecule has 0 aliphatic carbocycles. The first-order valence-corrected chi connectivity index (χ1v) is 5.12. The summed E-state index contributed by atoms with van der Waals surface area (Å²) in [6.45, 7) is 3.87. The summed E-state index contributed by atoms with van der Waals surface area (Å²) in [4.78, 5) is 24.9. The van der Waals surface area contributed by atoms with Crippen LogP contribution in [-0.2, 0) is 0 Å². The monoisotopic (exact) mass is 232 g/mol. The summed E-state index contributed by atoms with van der Waals surface area (Å²) < 4.78 is 1.15. The molecule has 5 heteroatoms. The molecule has 0 fully saturated rings. The Morgan fingerprint density at radius 2 is 2.00 bits per heavy atom. The summed E-state index contributed by atoms with van der Waals surface area (Å²) in [5, 5.41) is 8.98. The smallest absolute Gasteiger partial charge is 0.354 e. The minimum absolute atomic E-state index is 0.0711. The largest absolute Gasteiger partial charge is 0.477 e. The van der Waals surface area contributed by atoms with Crippen LogP contribution in [0.3, 0.4) is 0 Å². The molecule has 0 amide bonds. The lowest BCUT2D eigenvalue weighted by atomic mass is 10.1. The number of carboxylic acid groups (broad SMARTS) is 1. The van der Waals surface area contributed by atoms with Gasteiger partial charge < -0.3 is 10.1 Å². The number of benzene rings is 1. The summed E-state index contributed by atoms with van der Waals surface area (Å²) >= 11 is 0. The van der Waals surface area contributed by atoms with Crippen molar-refractivity contribution in [2.45, 2.75) is 13.8 Å². The third-order valence-corrected chi connectivity index (χ3v) is 2.74. The van der Waals surface area contributed by atoms with Crippen molar-refractivity contribution < 1.29 is 9.90 Å². The van der Waals surface area contributed by atoms with Gasteiger partial charge in [-0.05, 0) is 37.1 Å². The molecular formula is C12H12N2O3. The summed E-state index contributed by atoms with van der Waals surface area (Å²) in [6.07, 6.45) is 1.19. The minimum Gasteiger partial charge on any atom is -0.477 e. The van der Waals surface area contributed by atoms with E-state index in [2.05, 4.69) is 4.98 Å². The van der Waals surface area contributed by atoms with Gasteiger partial charge in [-0.25, -0.2) is 9.59 Å². The first-order chi connectivity index (χ1) is 8.00. The van der Waals surface area contributed by atoms with Crippen molar-refractivity contribution in [2.75, 3.05) is 0 Å². The van der Waals surface area contributed by atoms with E-state index in [0.717, 1.165) is 15.7 Å². The maximum atomic E-state index is 11.6. The zero-order chi connectivity index (χ0) is 12.6. The van der Waals surface area contributed by atoms with E-state index in [1.54, 1.807) is 12.1 Å². The highest BCUT2D eigenvalue weighted by Crippen LogP contribution is 2.14. The molecule has 1 heterocycles. The third kappa shape index (κ3) is 1.87. The zero-order valence-electron chi connectivity index (χ0n) is 9.52. The molecule has 0 saturated heterocycles. The molecule has 0 radical (unpaired) electrons. The van der Waals surface area contributed by atoms with E-state index in [4.69, 9.17) is 5.11 Å². The molecule has 1 aromatic carbocycles.